The van der Waals surface area contributed by atoms with Crippen LogP contribution in [0, 0.1) is 5.92 Å². The zero-order chi connectivity index (χ0) is 15.5. The fourth-order valence-corrected chi connectivity index (χ4v) is 2.10. The molecule has 5 nitrogen and oxygen atoms in total. The van der Waals surface area contributed by atoms with Crippen LogP contribution in [0.15, 0.2) is 18.2 Å². The van der Waals surface area contributed by atoms with Gasteiger partial charge in [-0.25, -0.2) is 4.98 Å². The fourth-order valence-electron chi connectivity index (χ4n) is 2.10. The number of carbonyl (C=O) groups excluding carboxylic acids is 1. The van der Waals surface area contributed by atoms with Gasteiger partial charge in [0.15, 0.2) is 6.61 Å². The molecule has 0 bridgehead atoms. The number of carbonyl (C=O) groups is 1. The standard InChI is InChI=1S/C13H15F3N2O3/c14-13(15,16)8-21-11-3-1-2-10(17-11)12(20)18-5-4-9(6-18)7-19/h1-3,9,19H,4-8H2. The second-order valence-electron chi connectivity index (χ2n) is 4.85. The van der Waals surface area contributed by atoms with Crippen LogP contribution in [0.4, 0.5) is 13.2 Å². The summed E-state index contributed by atoms with van der Waals surface area (Å²) in [6, 6.07) is 4.11. The summed E-state index contributed by atoms with van der Waals surface area (Å²) in [5, 5.41) is 9.05. The van der Waals surface area contributed by atoms with E-state index in [-0.39, 0.29) is 30.0 Å². The molecule has 1 aromatic heterocycles. The molecule has 1 saturated heterocycles. The minimum absolute atomic E-state index is 0.00589. The molecule has 1 aliphatic rings. The number of aliphatic hydroxyl groups excluding tert-OH is 1. The van der Waals surface area contributed by atoms with E-state index >= 15 is 0 Å². The van der Waals surface area contributed by atoms with Gasteiger partial charge in [-0.2, -0.15) is 13.2 Å². The van der Waals surface area contributed by atoms with Gasteiger partial charge in [-0.05, 0) is 12.5 Å². The average molecular weight is 304 g/mol. The molecule has 21 heavy (non-hydrogen) atoms. The molecule has 0 radical (unpaired) electrons. The van der Waals surface area contributed by atoms with Crippen molar-refractivity contribution in [3.05, 3.63) is 23.9 Å². The lowest BCUT2D eigenvalue weighted by Crippen LogP contribution is -2.30. The summed E-state index contributed by atoms with van der Waals surface area (Å²) in [6.07, 6.45) is -3.75. The molecular weight excluding hydrogens is 289 g/mol. The van der Waals surface area contributed by atoms with Crippen molar-refractivity contribution >= 4 is 5.91 Å². The molecule has 1 fully saturated rings. The van der Waals surface area contributed by atoms with Crippen LogP contribution in [0.2, 0.25) is 0 Å². The van der Waals surface area contributed by atoms with E-state index in [2.05, 4.69) is 9.72 Å². The first-order valence-corrected chi connectivity index (χ1v) is 6.46. The van der Waals surface area contributed by atoms with Crippen LogP contribution in [0.5, 0.6) is 5.88 Å². The maximum absolute atomic E-state index is 12.2. The molecule has 0 aromatic carbocycles. The van der Waals surface area contributed by atoms with Crippen molar-refractivity contribution in [2.24, 2.45) is 5.92 Å². The van der Waals surface area contributed by atoms with Gasteiger partial charge in [0, 0.05) is 31.7 Å². The highest BCUT2D eigenvalue weighted by Gasteiger charge is 2.29. The number of pyridine rings is 1. The molecule has 0 spiro atoms. The van der Waals surface area contributed by atoms with Crippen molar-refractivity contribution in [3.63, 3.8) is 0 Å². The first-order chi connectivity index (χ1) is 9.89. The Morgan fingerprint density at radius 1 is 1.48 bits per heavy atom. The Labute approximate surface area is 119 Å². The normalized spacial score (nSPS) is 18.9. The van der Waals surface area contributed by atoms with Crippen LogP contribution in [0.25, 0.3) is 0 Å². The molecule has 1 aromatic rings. The number of amides is 1. The van der Waals surface area contributed by atoms with E-state index in [1.165, 1.54) is 23.1 Å². The highest BCUT2D eigenvalue weighted by Crippen LogP contribution is 2.20. The quantitative estimate of drug-likeness (QED) is 0.915. The van der Waals surface area contributed by atoms with Gasteiger partial charge < -0.3 is 14.7 Å². The molecule has 8 heteroatoms. The highest BCUT2D eigenvalue weighted by molar-refractivity contribution is 5.92. The molecule has 0 saturated carbocycles. The first kappa shape index (κ1) is 15.6. The van der Waals surface area contributed by atoms with Crippen molar-refractivity contribution in [1.82, 2.24) is 9.88 Å². The Balaban J connectivity index is 2.02. The number of halogens is 3. The van der Waals surface area contributed by atoms with Gasteiger partial charge in [0.05, 0.1) is 0 Å². The summed E-state index contributed by atoms with van der Waals surface area (Å²) in [4.78, 5) is 17.5. The maximum atomic E-state index is 12.2. The first-order valence-electron chi connectivity index (χ1n) is 6.46. The minimum Gasteiger partial charge on any atom is -0.468 e. The minimum atomic E-state index is -4.45. The van der Waals surface area contributed by atoms with Gasteiger partial charge in [-0.15, -0.1) is 0 Å². The molecule has 1 atom stereocenters. The highest BCUT2D eigenvalue weighted by atomic mass is 19.4. The fraction of sp³-hybridized carbons (Fsp3) is 0.538. The molecule has 116 valence electrons. The molecule has 2 heterocycles. The number of likely N-dealkylation sites (tertiary alicyclic amines) is 1. The molecule has 0 aliphatic carbocycles. The maximum Gasteiger partial charge on any atom is 0.422 e. The Kier molecular flexibility index (Phi) is 4.66. The van der Waals surface area contributed by atoms with Gasteiger partial charge >= 0.3 is 6.18 Å². The molecular formula is C13H15F3N2O3. The second-order valence-corrected chi connectivity index (χ2v) is 4.85. The third-order valence-electron chi connectivity index (χ3n) is 3.16. The Bertz CT molecular complexity index is 508. The third-order valence-corrected chi connectivity index (χ3v) is 3.16. The van der Waals surface area contributed by atoms with Crippen LogP contribution < -0.4 is 4.74 Å². The summed E-state index contributed by atoms with van der Waals surface area (Å²) in [5.74, 6) is -0.571. The summed E-state index contributed by atoms with van der Waals surface area (Å²) in [6.45, 7) is -0.524. The lowest BCUT2D eigenvalue weighted by Gasteiger charge is -2.16. The van der Waals surface area contributed by atoms with E-state index in [4.69, 9.17) is 5.11 Å². The predicted octanol–water partition coefficient (Wildman–Crippen LogP) is 1.48. The Morgan fingerprint density at radius 2 is 2.24 bits per heavy atom. The van der Waals surface area contributed by atoms with Gasteiger partial charge in [0.1, 0.15) is 5.69 Å². The largest absolute Gasteiger partial charge is 0.468 e. The number of hydrogen-bond donors (Lipinski definition) is 1. The summed E-state index contributed by atoms with van der Waals surface area (Å²) >= 11 is 0. The van der Waals surface area contributed by atoms with Crippen LogP contribution >= 0.6 is 0 Å². The molecule has 1 N–H and O–H groups in total. The zero-order valence-electron chi connectivity index (χ0n) is 11.1. The van der Waals surface area contributed by atoms with Crippen LogP contribution in [0.3, 0.4) is 0 Å². The van der Waals surface area contributed by atoms with Crippen molar-refractivity contribution in [1.29, 1.82) is 0 Å². The third kappa shape index (κ3) is 4.32. The van der Waals surface area contributed by atoms with Crippen molar-refractivity contribution in [3.8, 4) is 5.88 Å². The van der Waals surface area contributed by atoms with Crippen LogP contribution in [-0.4, -0.2) is 53.4 Å². The zero-order valence-corrected chi connectivity index (χ0v) is 11.1. The van der Waals surface area contributed by atoms with E-state index in [1.807, 2.05) is 0 Å². The number of aliphatic hydroxyl groups is 1. The Hall–Kier alpha value is -1.83. The second kappa shape index (κ2) is 6.30. The topological polar surface area (TPSA) is 62.7 Å². The number of nitrogens with zero attached hydrogens (tertiary/aromatic N) is 2. The lowest BCUT2D eigenvalue weighted by atomic mass is 10.1. The summed E-state index contributed by atoms with van der Waals surface area (Å²) in [5.41, 5.74) is 0.0354. The number of hydrogen-bond acceptors (Lipinski definition) is 4. The van der Waals surface area contributed by atoms with Crippen LogP contribution in [0.1, 0.15) is 16.9 Å². The van der Waals surface area contributed by atoms with E-state index in [0.29, 0.717) is 19.5 Å². The molecule has 1 unspecified atom stereocenters. The smallest absolute Gasteiger partial charge is 0.422 e. The number of aromatic nitrogens is 1. The Morgan fingerprint density at radius 3 is 2.86 bits per heavy atom. The van der Waals surface area contributed by atoms with Gasteiger partial charge in [-0.1, -0.05) is 6.07 Å². The molecule has 2 rings (SSSR count). The summed E-state index contributed by atoms with van der Waals surface area (Å²) in [7, 11) is 0. The number of rotatable bonds is 4. The number of ether oxygens (including phenoxy) is 1. The number of alkyl halides is 3. The van der Waals surface area contributed by atoms with Gasteiger partial charge in [0.25, 0.3) is 5.91 Å². The van der Waals surface area contributed by atoms with E-state index in [0.717, 1.165) is 0 Å². The van der Waals surface area contributed by atoms with Crippen molar-refractivity contribution in [2.45, 2.75) is 12.6 Å². The van der Waals surface area contributed by atoms with Crippen molar-refractivity contribution in [2.75, 3.05) is 26.3 Å². The average Bonchev–Trinajstić information content (AvgIpc) is 2.93. The monoisotopic (exact) mass is 304 g/mol. The van der Waals surface area contributed by atoms with Gasteiger partial charge in [-0.3, -0.25) is 4.79 Å². The molecule has 1 aliphatic heterocycles. The van der Waals surface area contributed by atoms with Crippen LogP contribution in [-0.2, 0) is 0 Å². The van der Waals surface area contributed by atoms with Crippen molar-refractivity contribution < 1.29 is 27.8 Å². The lowest BCUT2D eigenvalue weighted by molar-refractivity contribution is -0.154. The predicted molar refractivity (Wildman–Crippen MR) is 66.9 cm³/mol. The van der Waals surface area contributed by atoms with Gasteiger partial charge in [0.2, 0.25) is 5.88 Å². The van der Waals surface area contributed by atoms with E-state index in [9.17, 15) is 18.0 Å². The van der Waals surface area contributed by atoms with E-state index in [1.54, 1.807) is 0 Å². The molecule has 1 amide bonds. The summed E-state index contributed by atoms with van der Waals surface area (Å²) < 4.78 is 40.7. The SMILES string of the molecule is O=C(c1cccc(OCC(F)(F)F)n1)N1CCC(CO)C1. The van der Waals surface area contributed by atoms with E-state index < -0.39 is 12.8 Å².